The number of carbonyl (C=O) groups excluding carboxylic acids is 1. The third kappa shape index (κ3) is 3.00. The summed E-state index contributed by atoms with van der Waals surface area (Å²) in [6, 6.07) is 12.8. The number of hydrogen-bond donors (Lipinski definition) is 2. The molecular weight excluding hydrogens is 322 g/mol. The number of benzene rings is 1. The highest BCUT2D eigenvalue weighted by Crippen LogP contribution is 2.20. The van der Waals surface area contributed by atoms with Crippen molar-refractivity contribution in [3.8, 4) is 11.8 Å². The lowest BCUT2D eigenvalue weighted by atomic mass is 10.1. The Balaban J connectivity index is 1.75. The molecule has 2 heterocycles. The second-order valence-electron chi connectivity index (χ2n) is 5.22. The Labute approximate surface area is 143 Å². The van der Waals surface area contributed by atoms with Gasteiger partial charge in [0.25, 0.3) is 5.91 Å². The van der Waals surface area contributed by atoms with Crippen LogP contribution in [0.1, 0.15) is 33.8 Å². The maximum atomic E-state index is 12.3. The van der Waals surface area contributed by atoms with Crippen molar-refractivity contribution in [2.45, 2.75) is 13.0 Å². The zero-order valence-corrected chi connectivity index (χ0v) is 13.7. The van der Waals surface area contributed by atoms with Crippen LogP contribution >= 0.6 is 11.3 Å². The van der Waals surface area contributed by atoms with Crippen molar-refractivity contribution in [3.05, 3.63) is 64.0 Å². The van der Waals surface area contributed by atoms with Gasteiger partial charge >= 0.3 is 0 Å². The average molecular weight is 337 g/mol. The van der Waals surface area contributed by atoms with Gasteiger partial charge in [0.05, 0.1) is 17.9 Å². The molecule has 0 saturated heterocycles. The molecule has 0 unspecified atom stereocenters. The number of anilines is 1. The molecule has 2 aromatic heterocycles. The van der Waals surface area contributed by atoms with E-state index in [1.807, 2.05) is 30.5 Å². The van der Waals surface area contributed by atoms with E-state index in [2.05, 4.69) is 10.4 Å². The summed E-state index contributed by atoms with van der Waals surface area (Å²) in [6.07, 6.45) is 1.42. The van der Waals surface area contributed by atoms with Crippen LogP contribution in [-0.2, 0) is 0 Å². The first-order valence-electron chi connectivity index (χ1n) is 7.28. The number of nitrogens with one attached hydrogen (secondary N) is 1. The van der Waals surface area contributed by atoms with Gasteiger partial charge in [-0.05, 0) is 42.6 Å². The lowest BCUT2D eigenvalue weighted by Gasteiger charge is -2.12. The van der Waals surface area contributed by atoms with E-state index in [0.717, 1.165) is 4.88 Å². The van der Waals surface area contributed by atoms with Gasteiger partial charge in [-0.2, -0.15) is 10.4 Å². The van der Waals surface area contributed by atoms with Crippen LogP contribution in [0.3, 0.4) is 0 Å². The van der Waals surface area contributed by atoms with Crippen LogP contribution in [0.25, 0.3) is 5.69 Å². The first kappa shape index (κ1) is 15.8. The number of nitriles is 1. The Bertz CT molecular complexity index is 890. The predicted molar refractivity (Wildman–Crippen MR) is 92.9 cm³/mol. The molecule has 0 saturated carbocycles. The first-order chi connectivity index (χ1) is 11.6. The van der Waals surface area contributed by atoms with Gasteiger partial charge in [-0.1, -0.05) is 6.07 Å². The fraction of sp³-hybridized carbons (Fsp3) is 0.118. The van der Waals surface area contributed by atoms with E-state index in [1.165, 1.54) is 10.9 Å². The van der Waals surface area contributed by atoms with Gasteiger partial charge in [0.2, 0.25) is 0 Å². The summed E-state index contributed by atoms with van der Waals surface area (Å²) in [6.45, 7) is 1.95. The monoisotopic (exact) mass is 337 g/mol. The SMILES string of the molecule is C[C@H](NC(=O)c1ccc(-n2ncc(C#N)c2N)cc1)c1cccs1. The molecule has 0 fully saturated rings. The topological polar surface area (TPSA) is 96.7 Å². The summed E-state index contributed by atoms with van der Waals surface area (Å²) in [5, 5.41) is 18.0. The van der Waals surface area contributed by atoms with Crippen LogP contribution in [0.15, 0.2) is 48.0 Å². The lowest BCUT2D eigenvalue weighted by molar-refractivity contribution is 0.0940. The van der Waals surface area contributed by atoms with Crippen molar-refractivity contribution in [2.24, 2.45) is 0 Å². The maximum Gasteiger partial charge on any atom is 0.251 e. The summed E-state index contributed by atoms with van der Waals surface area (Å²) < 4.78 is 1.47. The molecule has 7 heteroatoms. The molecule has 0 spiro atoms. The molecule has 1 amide bonds. The van der Waals surface area contributed by atoms with E-state index in [0.29, 0.717) is 16.8 Å². The van der Waals surface area contributed by atoms with Gasteiger partial charge < -0.3 is 11.1 Å². The fourth-order valence-corrected chi connectivity index (χ4v) is 3.03. The van der Waals surface area contributed by atoms with Crippen molar-refractivity contribution in [1.29, 1.82) is 5.26 Å². The lowest BCUT2D eigenvalue weighted by Crippen LogP contribution is -2.26. The number of nitrogens with zero attached hydrogens (tertiary/aromatic N) is 3. The van der Waals surface area contributed by atoms with Gasteiger partial charge in [-0.15, -0.1) is 11.3 Å². The standard InChI is InChI=1S/C17H15N5OS/c1-11(15-3-2-8-24-15)21-17(23)12-4-6-14(7-5-12)22-16(19)13(9-18)10-20-22/h2-8,10-11H,19H2,1H3,(H,21,23)/t11-/m0/s1. The number of thiophene rings is 1. The zero-order valence-electron chi connectivity index (χ0n) is 12.9. The van der Waals surface area contributed by atoms with E-state index >= 15 is 0 Å². The minimum Gasteiger partial charge on any atom is -0.382 e. The van der Waals surface area contributed by atoms with Crippen LogP contribution < -0.4 is 11.1 Å². The van der Waals surface area contributed by atoms with Gasteiger partial charge in [-0.25, -0.2) is 4.68 Å². The van der Waals surface area contributed by atoms with E-state index in [-0.39, 0.29) is 17.8 Å². The second kappa shape index (κ2) is 6.56. The predicted octanol–water partition coefficient (Wildman–Crippen LogP) is 2.88. The third-order valence-electron chi connectivity index (χ3n) is 3.62. The van der Waals surface area contributed by atoms with Gasteiger partial charge in [-0.3, -0.25) is 4.79 Å². The molecule has 0 bridgehead atoms. The Morgan fingerprint density at radius 1 is 1.38 bits per heavy atom. The van der Waals surface area contributed by atoms with Crippen molar-refractivity contribution in [1.82, 2.24) is 15.1 Å². The molecule has 3 rings (SSSR count). The van der Waals surface area contributed by atoms with Gasteiger partial charge in [0.1, 0.15) is 17.5 Å². The Morgan fingerprint density at radius 2 is 2.12 bits per heavy atom. The molecule has 1 aromatic carbocycles. The molecule has 1 atom stereocenters. The minimum atomic E-state index is -0.145. The highest BCUT2D eigenvalue weighted by atomic mass is 32.1. The summed E-state index contributed by atoms with van der Waals surface area (Å²) in [5.41, 5.74) is 7.43. The van der Waals surface area contributed by atoms with Crippen molar-refractivity contribution in [3.63, 3.8) is 0 Å². The van der Waals surface area contributed by atoms with Crippen LogP contribution in [0.4, 0.5) is 5.82 Å². The number of hydrogen-bond acceptors (Lipinski definition) is 5. The number of nitrogen functional groups attached to an aromatic ring is 1. The smallest absolute Gasteiger partial charge is 0.251 e. The Hall–Kier alpha value is -3.11. The molecule has 0 aliphatic rings. The van der Waals surface area contributed by atoms with Crippen molar-refractivity contribution < 1.29 is 4.79 Å². The molecule has 120 valence electrons. The van der Waals surface area contributed by atoms with Crippen LogP contribution in [0.2, 0.25) is 0 Å². The highest BCUT2D eigenvalue weighted by Gasteiger charge is 2.13. The third-order valence-corrected chi connectivity index (χ3v) is 4.67. The molecule has 0 radical (unpaired) electrons. The van der Waals surface area contributed by atoms with E-state index in [4.69, 9.17) is 11.0 Å². The number of aromatic nitrogens is 2. The van der Waals surface area contributed by atoms with Crippen LogP contribution in [0, 0.1) is 11.3 Å². The summed E-state index contributed by atoms with van der Waals surface area (Å²) in [7, 11) is 0. The minimum absolute atomic E-state index is 0.0443. The molecule has 0 aliphatic carbocycles. The summed E-state index contributed by atoms with van der Waals surface area (Å²) >= 11 is 1.61. The van der Waals surface area contributed by atoms with Crippen LogP contribution in [0.5, 0.6) is 0 Å². The summed E-state index contributed by atoms with van der Waals surface area (Å²) in [4.78, 5) is 13.4. The van der Waals surface area contributed by atoms with Gasteiger partial charge in [0.15, 0.2) is 0 Å². The molecule has 0 aliphatic heterocycles. The van der Waals surface area contributed by atoms with E-state index in [9.17, 15) is 4.79 Å². The average Bonchev–Trinajstić information content (AvgIpc) is 3.24. The van der Waals surface area contributed by atoms with Crippen LogP contribution in [-0.4, -0.2) is 15.7 Å². The van der Waals surface area contributed by atoms with E-state index in [1.54, 1.807) is 35.6 Å². The Morgan fingerprint density at radius 3 is 2.71 bits per heavy atom. The number of carbonyl (C=O) groups is 1. The largest absolute Gasteiger partial charge is 0.382 e. The highest BCUT2D eigenvalue weighted by molar-refractivity contribution is 7.10. The molecular formula is C17H15N5OS. The molecule has 6 nitrogen and oxygen atoms in total. The second-order valence-corrected chi connectivity index (χ2v) is 6.20. The molecule has 3 N–H and O–H groups in total. The van der Waals surface area contributed by atoms with Crippen molar-refractivity contribution >= 4 is 23.1 Å². The van der Waals surface area contributed by atoms with Crippen molar-refractivity contribution in [2.75, 3.05) is 5.73 Å². The normalized spacial score (nSPS) is 11.7. The number of rotatable bonds is 4. The fourth-order valence-electron chi connectivity index (χ4n) is 2.29. The van der Waals surface area contributed by atoms with E-state index < -0.39 is 0 Å². The number of amides is 1. The first-order valence-corrected chi connectivity index (χ1v) is 8.16. The zero-order chi connectivity index (χ0) is 17.1. The quantitative estimate of drug-likeness (QED) is 0.765. The van der Waals surface area contributed by atoms with Gasteiger partial charge in [0, 0.05) is 10.4 Å². The number of nitrogens with two attached hydrogens (primary N) is 1. The maximum absolute atomic E-state index is 12.3. The molecule has 3 aromatic rings. The summed E-state index contributed by atoms with van der Waals surface area (Å²) in [5.74, 6) is 0.134. The molecule has 24 heavy (non-hydrogen) atoms. The Kier molecular flexibility index (Phi) is 4.31.